The second kappa shape index (κ2) is 12.0. The normalized spacial score (nSPS) is 21.1. The topological polar surface area (TPSA) is 60.0 Å². The number of ether oxygens (including phenoxy) is 3. The lowest BCUT2D eigenvalue weighted by atomic mass is 9.94. The van der Waals surface area contributed by atoms with Crippen molar-refractivity contribution in [3.63, 3.8) is 0 Å². The molecule has 8 heteroatoms. The van der Waals surface area contributed by atoms with Crippen molar-refractivity contribution in [1.82, 2.24) is 10.2 Å². The molecule has 0 aromatic rings. The quantitative estimate of drug-likeness (QED) is 0.704. The Hall–Kier alpha value is -0.990. The molecule has 0 bridgehead atoms. The maximum Gasteiger partial charge on any atom is 0.410 e. The molecule has 29 heavy (non-hydrogen) atoms. The first-order valence-electron chi connectivity index (χ1n) is 10.7. The molecule has 0 radical (unpaired) electrons. The SMILES string of the molecule is CCOCC1(F)CCN(C(=O)OC(C)(C)C)CC1.CCOCC1(F)CCNCC1. The van der Waals surface area contributed by atoms with Gasteiger partial charge in [-0.3, -0.25) is 0 Å². The zero-order chi connectivity index (χ0) is 22.0. The van der Waals surface area contributed by atoms with Gasteiger partial charge in [-0.1, -0.05) is 0 Å². The van der Waals surface area contributed by atoms with Gasteiger partial charge in [0.15, 0.2) is 0 Å². The molecule has 2 aliphatic rings. The van der Waals surface area contributed by atoms with Crippen molar-refractivity contribution in [2.75, 3.05) is 52.6 Å². The van der Waals surface area contributed by atoms with Crippen LogP contribution in [0.2, 0.25) is 0 Å². The highest BCUT2D eigenvalue weighted by Gasteiger charge is 2.37. The molecule has 1 amide bonds. The summed E-state index contributed by atoms with van der Waals surface area (Å²) >= 11 is 0. The standard InChI is InChI=1S/C13H24FNO3.C8H16FNO/c1-5-17-10-13(14)6-8-15(9-7-13)11(16)18-12(2,3)4;1-2-11-7-8(9)3-5-10-6-4-8/h5-10H2,1-4H3;10H,2-7H2,1H3. The predicted molar refractivity (Wildman–Crippen MR) is 110 cm³/mol. The van der Waals surface area contributed by atoms with Crippen molar-refractivity contribution < 1.29 is 27.8 Å². The largest absolute Gasteiger partial charge is 0.444 e. The third kappa shape index (κ3) is 10.6. The third-order valence-corrected chi connectivity index (χ3v) is 4.94. The summed E-state index contributed by atoms with van der Waals surface area (Å²) < 4.78 is 43.3. The maximum atomic E-state index is 14.2. The van der Waals surface area contributed by atoms with Crippen LogP contribution in [0.25, 0.3) is 0 Å². The van der Waals surface area contributed by atoms with E-state index in [2.05, 4.69) is 5.32 Å². The summed E-state index contributed by atoms with van der Waals surface area (Å²) in [5, 5.41) is 3.12. The van der Waals surface area contributed by atoms with Crippen LogP contribution >= 0.6 is 0 Å². The van der Waals surface area contributed by atoms with Crippen LogP contribution in [0.3, 0.4) is 0 Å². The van der Waals surface area contributed by atoms with E-state index in [4.69, 9.17) is 14.2 Å². The van der Waals surface area contributed by atoms with Crippen LogP contribution in [0.5, 0.6) is 0 Å². The summed E-state index contributed by atoms with van der Waals surface area (Å²) in [5.41, 5.74) is -2.86. The Morgan fingerprint density at radius 1 is 0.931 bits per heavy atom. The molecular formula is C21H40F2N2O4. The Morgan fingerprint density at radius 2 is 1.38 bits per heavy atom. The van der Waals surface area contributed by atoms with Gasteiger partial charge in [-0.2, -0.15) is 0 Å². The monoisotopic (exact) mass is 422 g/mol. The molecule has 0 spiro atoms. The Morgan fingerprint density at radius 3 is 1.79 bits per heavy atom. The molecule has 0 aliphatic carbocycles. The molecule has 0 atom stereocenters. The zero-order valence-corrected chi connectivity index (χ0v) is 18.8. The van der Waals surface area contributed by atoms with Gasteiger partial charge >= 0.3 is 6.09 Å². The minimum atomic E-state index is -1.30. The van der Waals surface area contributed by atoms with Gasteiger partial charge in [0.25, 0.3) is 0 Å². The van der Waals surface area contributed by atoms with Gasteiger partial charge in [-0.05, 0) is 60.5 Å². The van der Waals surface area contributed by atoms with E-state index in [-0.39, 0.29) is 19.3 Å². The van der Waals surface area contributed by atoms with Gasteiger partial charge in [0.1, 0.15) is 16.9 Å². The lowest BCUT2D eigenvalue weighted by molar-refractivity contribution is -0.0307. The van der Waals surface area contributed by atoms with Crippen molar-refractivity contribution in [3.05, 3.63) is 0 Å². The predicted octanol–water partition coefficient (Wildman–Crippen LogP) is 3.88. The highest BCUT2D eigenvalue weighted by atomic mass is 19.1. The van der Waals surface area contributed by atoms with Crippen LogP contribution in [0.15, 0.2) is 0 Å². The van der Waals surface area contributed by atoms with E-state index in [1.165, 1.54) is 0 Å². The molecule has 0 unspecified atom stereocenters. The summed E-state index contributed by atoms with van der Waals surface area (Å²) in [7, 11) is 0. The number of alkyl halides is 2. The summed E-state index contributed by atoms with van der Waals surface area (Å²) in [5.74, 6) is 0. The number of carbonyl (C=O) groups is 1. The van der Waals surface area contributed by atoms with Crippen molar-refractivity contribution in [2.24, 2.45) is 0 Å². The number of halogens is 2. The number of hydrogen-bond acceptors (Lipinski definition) is 5. The number of nitrogens with one attached hydrogen (secondary N) is 1. The van der Waals surface area contributed by atoms with Crippen LogP contribution < -0.4 is 5.32 Å². The third-order valence-electron chi connectivity index (χ3n) is 4.94. The maximum absolute atomic E-state index is 14.2. The molecule has 0 aromatic heterocycles. The minimum absolute atomic E-state index is 0.117. The molecule has 1 N–H and O–H groups in total. The van der Waals surface area contributed by atoms with Crippen molar-refractivity contribution in [2.45, 2.75) is 77.2 Å². The number of hydrogen-bond donors (Lipinski definition) is 1. The first-order valence-corrected chi connectivity index (χ1v) is 10.7. The van der Waals surface area contributed by atoms with Crippen LogP contribution in [0, 0.1) is 0 Å². The highest BCUT2D eigenvalue weighted by molar-refractivity contribution is 5.68. The fourth-order valence-electron chi connectivity index (χ4n) is 3.15. The number of carbonyl (C=O) groups excluding carboxylic acids is 1. The lowest BCUT2D eigenvalue weighted by Crippen LogP contribution is -2.48. The van der Waals surface area contributed by atoms with Gasteiger partial charge in [0.05, 0.1) is 13.2 Å². The number of piperidine rings is 2. The molecule has 6 nitrogen and oxygen atoms in total. The smallest absolute Gasteiger partial charge is 0.410 e. The number of rotatable bonds is 6. The Labute approximate surface area is 174 Å². The van der Waals surface area contributed by atoms with Crippen molar-refractivity contribution in [3.8, 4) is 0 Å². The molecule has 0 saturated carbocycles. The summed E-state index contributed by atoms with van der Waals surface area (Å²) in [6.45, 7) is 13.1. The van der Waals surface area contributed by atoms with Gasteiger partial charge < -0.3 is 24.4 Å². The van der Waals surface area contributed by atoms with Crippen LogP contribution in [0.1, 0.15) is 60.3 Å². The van der Waals surface area contributed by atoms with E-state index < -0.39 is 16.9 Å². The molecule has 2 rings (SSSR count). The average Bonchev–Trinajstić information content (AvgIpc) is 2.65. The summed E-state index contributed by atoms with van der Waals surface area (Å²) in [6.07, 6.45) is 1.44. The van der Waals surface area contributed by atoms with E-state index in [0.29, 0.717) is 52.0 Å². The Kier molecular flexibility index (Phi) is 10.8. The Balaban J connectivity index is 0.000000326. The number of likely N-dealkylation sites (tertiary alicyclic amines) is 1. The van der Waals surface area contributed by atoms with Gasteiger partial charge in [0.2, 0.25) is 0 Å². The molecule has 2 saturated heterocycles. The molecule has 0 aromatic carbocycles. The second-order valence-corrected chi connectivity index (χ2v) is 8.79. The van der Waals surface area contributed by atoms with Crippen LogP contribution in [0.4, 0.5) is 13.6 Å². The van der Waals surface area contributed by atoms with Gasteiger partial charge in [-0.25, -0.2) is 13.6 Å². The first-order chi connectivity index (χ1) is 13.5. The summed E-state index contributed by atoms with van der Waals surface area (Å²) in [4.78, 5) is 13.4. The average molecular weight is 423 g/mol. The lowest BCUT2D eigenvalue weighted by Gasteiger charge is -2.36. The molecule has 2 aliphatic heterocycles. The fourth-order valence-corrected chi connectivity index (χ4v) is 3.15. The minimum Gasteiger partial charge on any atom is -0.444 e. The molecule has 2 fully saturated rings. The van der Waals surface area contributed by atoms with E-state index in [1.54, 1.807) is 4.90 Å². The van der Waals surface area contributed by atoms with E-state index in [1.807, 2.05) is 34.6 Å². The van der Waals surface area contributed by atoms with Gasteiger partial charge in [0, 0.05) is 39.1 Å². The van der Waals surface area contributed by atoms with Crippen molar-refractivity contribution >= 4 is 6.09 Å². The number of nitrogens with zero attached hydrogens (tertiary/aromatic N) is 1. The molecular weight excluding hydrogens is 382 g/mol. The zero-order valence-electron chi connectivity index (χ0n) is 18.8. The first kappa shape index (κ1) is 26.0. The van der Waals surface area contributed by atoms with Crippen LogP contribution in [-0.4, -0.2) is 80.5 Å². The fraction of sp³-hybridized carbons (Fsp3) is 0.952. The van der Waals surface area contributed by atoms with Crippen molar-refractivity contribution in [1.29, 1.82) is 0 Å². The summed E-state index contributed by atoms with van der Waals surface area (Å²) in [6, 6.07) is 0. The number of amides is 1. The van der Waals surface area contributed by atoms with Crippen LogP contribution in [-0.2, 0) is 14.2 Å². The highest BCUT2D eigenvalue weighted by Crippen LogP contribution is 2.28. The molecule has 2 heterocycles. The van der Waals surface area contributed by atoms with E-state index in [0.717, 1.165) is 13.1 Å². The Bertz CT molecular complexity index is 472. The van der Waals surface area contributed by atoms with E-state index >= 15 is 0 Å². The molecule has 172 valence electrons. The van der Waals surface area contributed by atoms with Gasteiger partial charge in [-0.15, -0.1) is 0 Å². The second-order valence-electron chi connectivity index (χ2n) is 8.79. The van der Waals surface area contributed by atoms with E-state index in [9.17, 15) is 13.6 Å².